The van der Waals surface area contributed by atoms with E-state index in [4.69, 9.17) is 5.11 Å². The molecule has 0 saturated heterocycles. The summed E-state index contributed by atoms with van der Waals surface area (Å²) in [5.41, 5.74) is 0.541. The molecule has 0 aliphatic carbocycles. The number of carbonyl (C=O) groups is 1. The minimum absolute atomic E-state index is 0.343. The van der Waals surface area contributed by atoms with E-state index in [1.54, 1.807) is 23.2 Å². The van der Waals surface area contributed by atoms with E-state index < -0.39 is 11.5 Å². The van der Waals surface area contributed by atoms with Crippen molar-refractivity contribution in [3.8, 4) is 11.4 Å². The number of rotatable bonds is 2. The molecular formula is C11H9N5O3. The maximum atomic E-state index is 11.9. The summed E-state index contributed by atoms with van der Waals surface area (Å²) in [5, 5.41) is 11.7. The molecule has 0 spiro atoms. The van der Waals surface area contributed by atoms with Gasteiger partial charge in [-0.3, -0.25) is 9.89 Å². The van der Waals surface area contributed by atoms with Gasteiger partial charge in [-0.15, -0.1) is 0 Å². The second-order valence-corrected chi connectivity index (χ2v) is 4.07. The number of aryl methyl sites for hydroxylation is 1. The summed E-state index contributed by atoms with van der Waals surface area (Å²) in [6.45, 7) is 0. The molecule has 0 atom stereocenters. The van der Waals surface area contributed by atoms with Crippen molar-refractivity contribution >= 4 is 11.6 Å². The van der Waals surface area contributed by atoms with Crippen LogP contribution in [0.5, 0.6) is 0 Å². The zero-order valence-electron chi connectivity index (χ0n) is 9.86. The van der Waals surface area contributed by atoms with Crippen molar-refractivity contribution in [3.63, 3.8) is 0 Å². The van der Waals surface area contributed by atoms with Crippen molar-refractivity contribution in [2.45, 2.75) is 0 Å². The second-order valence-electron chi connectivity index (χ2n) is 4.07. The van der Waals surface area contributed by atoms with Gasteiger partial charge in [0.05, 0.1) is 12.0 Å². The third-order valence-electron chi connectivity index (χ3n) is 2.71. The minimum Gasteiger partial charge on any atom is -0.477 e. The fourth-order valence-electron chi connectivity index (χ4n) is 1.79. The quantitative estimate of drug-likeness (QED) is 0.680. The maximum absolute atomic E-state index is 11.9. The fourth-order valence-corrected chi connectivity index (χ4v) is 1.79. The smallest absolute Gasteiger partial charge is 0.343 e. The molecule has 0 aromatic carbocycles. The Morgan fingerprint density at radius 2 is 2.21 bits per heavy atom. The molecule has 2 N–H and O–H groups in total. The van der Waals surface area contributed by atoms with Crippen molar-refractivity contribution < 1.29 is 9.90 Å². The molecule has 0 bridgehead atoms. The van der Waals surface area contributed by atoms with E-state index in [2.05, 4.69) is 15.1 Å². The molecule has 8 nitrogen and oxygen atoms in total. The van der Waals surface area contributed by atoms with Crippen LogP contribution in [0.3, 0.4) is 0 Å². The van der Waals surface area contributed by atoms with Crippen molar-refractivity contribution in [1.82, 2.24) is 24.1 Å². The van der Waals surface area contributed by atoms with Crippen LogP contribution < -0.4 is 5.56 Å². The molecular weight excluding hydrogens is 250 g/mol. The van der Waals surface area contributed by atoms with Crippen LogP contribution in [0.2, 0.25) is 0 Å². The zero-order chi connectivity index (χ0) is 13.6. The number of imidazole rings is 1. The molecule has 3 rings (SSSR count). The fraction of sp³-hybridized carbons (Fsp3) is 0.0909. The summed E-state index contributed by atoms with van der Waals surface area (Å²) in [6, 6.07) is 1.63. The largest absolute Gasteiger partial charge is 0.477 e. The number of aromatic carboxylic acids is 1. The third kappa shape index (κ3) is 1.69. The Morgan fingerprint density at radius 1 is 1.42 bits per heavy atom. The summed E-state index contributed by atoms with van der Waals surface area (Å²) in [7, 11) is 1.83. The number of fused-ring (bicyclic) bond motifs is 1. The predicted molar refractivity (Wildman–Crippen MR) is 65.0 cm³/mol. The van der Waals surface area contributed by atoms with Crippen LogP contribution in [-0.4, -0.2) is 35.2 Å². The number of aromatic nitrogens is 5. The number of hydrogen-bond donors (Lipinski definition) is 2. The first kappa shape index (κ1) is 11.2. The van der Waals surface area contributed by atoms with Gasteiger partial charge in [0.2, 0.25) is 0 Å². The lowest BCUT2D eigenvalue weighted by Crippen LogP contribution is -2.22. The lowest BCUT2D eigenvalue weighted by molar-refractivity contribution is 0.0694. The van der Waals surface area contributed by atoms with Gasteiger partial charge in [-0.1, -0.05) is 0 Å². The van der Waals surface area contributed by atoms with E-state index in [-0.39, 0.29) is 5.56 Å². The highest BCUT2D eigenvalue weighted by atomic mass is 16.4. The Hall–Kier alpha value is -2.90. The minimum atomic E-state index is -1.30. The first-order valence-corrected chi connectivity index (χ1v) is 5.38. The Bertz CT molecular complexity index is 842. The summed E-state index contributed by atoms with van der Waals surface area (Å²) in [6.07, 6.45) is 4.45. The molecule has 19 heavy (non-hydrogen) atoms. The molecule has 0 fully saturated rings. The maximum Gasteiger partial charge on any atom is 0.343 e. The SMILES string of the molecule is Cn1cnc(-c2cc3ncc(C(=O)O)c(=O)n3[nH]2)c1. The summed E-state index contributed by atoms with van der Waals surface area (Å²) in [4.78, 5) is 30.8. The first-order chi connectivity index (χ1) is 9.06. The van der Waals surface area contributed by atoms with E-state index in [0.717, 1.165) is 10.7 Å². The molecule has 3 aromatic rings. The molecule has 0 amide bonds. The zero-order valence-corrected chi connectivity index (χ0v) is 9.86. The van der Waals surface area contributed by atoms with E-state index in [0.29, 0.717) is 17.0 Å². The Morgan fingerprint density at radius 3 is 2.84 bits per heavy atom. The van der Waals surface area contributed by atoms with Crippen LogP contribution in [0.25, 0.3) is 17.0 Å². The van der Waals surface area contributed by atoms with Gasteiger partial charge in [0.15, 0.2) is 5.65 Å². The normalized spacial score (nSPS) is 11.0. The van der Waals surface area contributed by atoms with Gasteiger partial charge in [-0.25, -0.2) is 19.3 Å². The molecule has 0 unspecified atom stereocenters. The van der Waals surface area contributed by atoms with E-state index in [1.165, 1.54) is 0 Å². The Balaban J connectivity index is 2.24. The summed E-state index contributed by atoms with van der Waals surface area (Å²) < 4.78 is 2.85. The number of nitrogens with one attached hydrogen (secondary N) is 1. The molecule has 96 valence electrons. The number of nitrogens with zero attached hydrogens (tertiary/aromatic N) is 4. The van der Waals surface area contributed by atoms with Crippen molar-refractivity contribution in [2.75, 3.05) is 0 Å². The molecule has 0 saturated carbocycles. The molecule has 3 heterocycles. The first-order valence-electron chi connectivity index (χ1n) is 5.38. The average molecular weight is 259 g/mol. The topological polar surface area (TPSA) is 105 Å². The number of hydrogen-bond acceptors (Lipinski definition) is 4. The molecule has 0 radical (unpaired) electrons. The highest BCUT2D eigenvalue weighted by molar-refractivity contribution is 5.87. The number of carboxylic acids is 1. The highest BCUT2D eigenvalue weighted by Gasteiger charge is 2.14. The van der Waals surface area contributed by atoms with Gasteiger partial charge in [0.25, 0.3) is 5.56 Å². The van der Waals surface area contributed by atoms with Gasteiger partial charge in [0.1, 0.15) is 11.3 Å². The van der Waals surface area contributed by atoms with Crippen LogP contribution in [0, 0.1) is 0 Å². The molecule has 0 aliphatic rings. The Kier molecular flexibility index (Phi) is 2.24. The number of aromatic amines is 1. The van der Waals surface area contributed by atoms with Gasteiger partial charge < -0.3 is 9.67 Å². The highest BCUT2D eigenvalue weighted by Crippen LogP contribution is 2.15. The van der Waals surface area contributed by atoms with Crippen molar-refractivity contribution in [3.05, 3.63) is 40.7 Å². The predicted octanol–water partition coefficient (Wildman–Crippen LogP) is 0.121. The molecule has 0 aliphatic heterocycles. The standard InChI is InChI=1S/C11H9N5O3/c1-15-4-8(13-5-15)7-2-9-12-3-6(11(18)19)10(17)16(9)14-7/h2-5,14H,1H3,(H,18,19). The van der Waals surface area contributed by atoms with Gasteiger partial charge >= 0.3 is 5.97 Å². The van der Waals surface area contributed by atoms with Crippen molar-refractivity contribution in [1.29, 1.82) is 0 Å². The van der Waals surface area contributed by atoms with Crippen LogP contribution in [0.15, 0.2) is 29.6 Å². The lowest BCUT2D eigenvalue weighted by atomic mass is 10.3. The number of carboxylic acid groups (broad SMARTS) is 1. The van der Waals surface area contributed by atoms with Gasteiger partial charge in [0, 0.05) is 25.5 Å². The van der Waals surface area contributed by atoms with Crippen LogP contribution in [0.1, 0.15) is 10.4 Å². The van der Waals surface area contributed by atoms with E-state index >= 15 is 0 Å². The van der Waals surface area contributed by atoms with Crippen LogP contribution in [0.4, 0.5) is 0 Å². The van der Waals surface area contributed by atoms with E-state index in [9.17, 15) is 9.59 Å². The monoisotopic (exact) mass is 259 g/mol. The summed E-state index contributed by atoms with van der Waals surface area (Å²) in [5.74, 6) is -1.30. The van der Waals surface area contributed by atoms with Crippen LogP contribution in [-0.2, 0) is 7.05 Å². The number of H-pyrrole nitrogens is 1. The van der Waals surface area contributed by atoms with Crippen LogP contribution >= 0.6 is 0 Å². The third-order valence-corrected chi connectivity index (χ3v) is 2.71. The molecule has 8 heteroatoms. The lowest BCUT2D eigenvalue weighted by Gasteiger charge is -1.94. The van der Waals surface area contributed by atoms with Gasteiger partial charge in [-0.05, 0) is 0 Å². The van der Waals surface area contributed by atoms with Gasteiger partial charge in [-0.2, -0.15) is 0 Å². The second kappa shape index (κ2) is 3.80. The summed E-state index contributed by atoms with van der Waals surface area (Å²) >= 11 is 0. The molecule has 3 aromatic heterocycles. The Labute approximate surface area is 106 Å². The van der Waals surface area contributed by atoms with Crippen molar-refractivity contribution in [2.24, 2.45) is 7.05 Å². The van der Waals surface area contributed by atoms with E-state index in [1.807, 2.05) is 7.05 Å². The average Bonchev–Trinajstić information content (AvgIpc) is 2.95.